The van der Waals surface area contributed by atoms with Crippen molar-refractivity contribution in [3.8, 4) is 5.75 Å². The van der Waals surface area contributed by atoms with E-state index in [9.17, 15) is 0 Å². The molecule has 0 radical (unpaired) electrons. The van der Waals surface area contributed by atoms with Crippen molar-refractivity contribution in [2.45, 2.75) is 5.92 Å². The van der Waals surface area contributed by atoms with E-state index in [0.29, 0.717) is 17.5 Å². The van der Waals surface area contributed by atoms with Gasteiger partial charge in [0.05, 0.1) is 13.2 Å². The van der Waals surface area contributed by atoms with E-state index in [1.54, 1.807) is 0 Å². The van der Waals surface area contributed by atoms with E-state index in [1.807, 2.05) is 18.2 Å². The summed E-state index contributed by atoms with van der Waals surface area (Å²) in [7, 11) is 0. The molecule has 0 amide bonds. The third kappa shape index (κ3) is 1.30. The van der Waals surface area contributed by atoms with E-state index >= 15 is 0 Å². The van der Waals surface area contributed by atoms with Crippen LogP contribution in [0, 0.1) is 12.5 Å². The van der Waals surface area contributed by atoms with Gasteiger partial charge in [-0.1, -0.05) is 6.07 Å². The summed E-state index contributed by atoms with van der Waals surface area (Å²) in [5, 5.41) is 3.39. The van der Waals surface area contributed by atoms with Gasteiger partial charge in [0.15, 0.2) is 5.69 Å². The largest absolute Gasteiger partial charge is 0.493 e. The standard InChI is InChI=1S/C12H12N2O/c1-13-9-2-3-12-10(4-9)11-6-14-5-8(11)7-15-12/h2-4,8,11,14H,5-7H2/t8-,11+/m0/s1. The fraction of sp³-hybridized carbons (Fsp3) is 0.417. The number of hydrogen-bond acceptors (Lipinski definition) is 2. The minimum Gasteiger partial charge on any atom is -0.493 e. The average Bonchev–Trinajstić information content (AvgIpc) is 2.76. The molecule has 2 atom stereocenters. The Morgan fingerprint density at radius 1 is 1.40 bits per heavy atom. The Morgan fingerprint density at radius 2 is 2.33 bits per heavy atom. The molecule has 3 rings (SSSR count). The maximum absolute atomic E-state index is 7.02. The van der Waals surface area contributed by atoms with Crippen molar-refractivity contribution in [2.75, 3.05) is 19.7 Å². The second kappa shape index (κ2) is 3.25. The third-order valence-corrected chi connectivity index (χ3v) is 3.31. The van der Waals surface area contributed by atoms with Crippen LogP contribution < -0.4 is 10.1 Å². The smallest absolute Gasteiger partial charge is 0.187 e. The minimum atomic E-state index is 0.537. The van der Waals surface area contributed by atoms with Crippen LogP contribution in [0.4, 0.5) is 5.69 Å². The molecule has 1 aromatic carbocycles. The lowest BCUT2D eigenvalue weighted by Gasteiger charge is -2.28. The molecule has 1 N–H and O–H groups in total. The predicted molar refractivity (Wildman–Crippen MR) is 57.3 cm³/mol. The molecule has 3 nitrogen and oxygen atoms in total. The Bertz CT molecular complexity index is 436. The Labute approximate surface area is 88.9 Å². The van der Waals surface area contributed by atoms with Gasteiger partial charge in [0.1, 0.15) is 5.75 Å². The van der Waals surface area contributed by atoms with E-state index in [0.717, 1.165) is 25.4 Å². The summed E-state index contributed by atoms with van der Waals surface area (Å²) in [6.45, 7) is 9.88. The number of ether oxygens (including phenoxy) is 1. The molecule has 0 bridgehead atoms. The summed E-state index contributed by atoms with van der Waals surface area (Å²) in [5.74, 6) is 2.08. The summed E-state index contributed by atoms with van der Waals surface area (Å²) in [6.07, 6.45) is 0. The van der Waals surface area contributed by atoms with E-state index in [4.69, 9.17) is 11.3 Å². The first kappa shape index (κ1) is 8.75. The highest BCUT2D eigenvalue weighted by molar-refractivity contribution is 5.54. The lowest BCUT2D eigenvalue weighted by atomic mass is 9.87. The van der Waals surface area contributed by atoms with Crippen LogP contribution in [0.3, 0.4) is 0 Å². The van der Waals surface area contributed by atoms with Gasteiger partial charge in [-0.25, -0.2) is 4.85 Å². The topological polar surface area (TPSA) is 25.6 Å². The van der Waals surface area contributed by atoms with Gasteiger partial charge in [-0.3, -0.25) is 0 Å². The Kier molecular flexibility index (Phi) is 1.90. The number of hydrogen-bond donors (Lipinski definition) is 1. The summed E-state index contributed by atoms with van der Waals surface area (Å²) in [4.78, 5) is 3.47. The first-order valence-electron chi connectivity index (χ1n) is 5.23. The van der Waals surface area contributed by atoms with Crippen molar-refractivity contribution in [2.24, 2.45) is 5.92 Å². The maximum Gasteiger partial charge on any atom is 0.187 e. The quantitative estimate of drug-likeness (QED) is 0.647. The molecule has 2 aliphatic heterocycles. The Morgan fingerprint density at radius 3 is 3.20 bits per heavy atom. The van der Waals surface area contributed by atoms with Crippen LogP contribution in [0.5, 0.6) is 5.75 Å². The zero-order chi connectivity index (χ0) is 10.3. The average molecular weight is 200 g/mol. The van der Waals surface area contributed by atoms with Crippen LogP contribution in [0.25, 0.3) is 4.85 Å². The molecule has 0 unspecified atom stereocenters. The summed E-state index contributed by atoms with van der Waals surface area (Å²) in [6, 6.07) is 5.73. The molecule has 1 fully saturated rings. The van der Waals surface area contributed by atoms with Gasteiger partial charge in [0.25, 0.3) is 0 Å². The molecule has 1 saturated heterocycles. The number of nitrogens with zero attached hydrogens (tertiary/aromatic N) is 1. The molecule has 76 valence electrons. The normalized spacial score (nSPS) is 27.4. The van der Waals surface area contributed by atoms with Crippen LogP contribution in [0.15, 0.2) is 18.2 Å². The highest BCUT2D eigenvalue weighted by Gasteiger charge is 2.34. The molecule has 0 spiro atoms. The van der Waals surface area contributed by atoms with Crippen LogP contribution in [0.2, 0.25) is 0 Å². The zero-order valence-corrected chi connectivity index (χ0v) is 8.36. The summed E-state index contributed by atoms with van der Waals surface area (Å²) in [5.41, 5.74) is 1.93. The number of nitrogens with one attached hydrogen (secondary N) is 1. The van der Waals surface area contributed by atoms with Crippen molar-refractivity contribution >= 4 is 5.69 Å². The van der Waals surface area contributed by atoms with E-state index < -0.39 is 0 Å². The van der Waals surface area contributed by atoms with Crippen molar-refractivity contribution in [1.29, 1.82) is 0 Å². The van der Waals surface area contributed by atoms with Crippen molar-refractivity contribution in [1.82, 2.24) is 5.32 Å². The lowest BCUT2D eigenvalue weighted by molar-refractivity contribution is 0.219. The van der Waals surface area contributed by atoms with Gasteiger partial charge in [-0.15, -0.1) is 0 Å². The highest BCUT2D eigenvalue weighted by Crippen LogP contribution is 2.40. The van der Waals surface area contributed by atoms with Crippen molar-refractivity contribution < 1.29 is 4.74 Å². The molecular weight excluding hydrogens is 188 g/mol. The van der Waals surface area contributed by atoms with Gasteiger partial charge in [-0.05, 0) is 17.7 Å². The Balaban J connectivity index is 2.07. The summed E-state index contributed by atoms with van der Waals surface area (Å²) >= 11 is 0. The van der Waals surface area contributed by atoms with Crippen LogP contribution in [0.1, 0.15) is 11.5 Å². The SMILES string of the molecule is [C-]#[N+]c1ccc2c(c1)[C@@H]1CNC[C@H]1CO2. The number of fused-ring (bicyclic) bond motifs is 3. The molecule has 0 aromatic heterocycles. The molecule has 2 heterocycles. The molecule has 15 heavy (non-hydrogen) atoms. The summed E-state index contributed by atoms with van der Waals surface area (Å²) < 4.78 is 5.69. The molecule has 2 aliphatic rings. The lowest BCUT2D eigenvalue weighted by Crippen LogP contribution is -2.24. The number of rotatable bonds is 0. The molecule has 0 saturated carbocycles. The molecule has 3 heteroatoms. The third-order valence-electron chi connectivity index (χ3n) is 3.31. The van der Waals surface area contributed by atoms with E-state index in [-0.39, 0.29) is 0 Å². The van der Waals surface area contributed by atoms with Crippen LogP contribution in [-0.4, -0.2) is 19.7 Å². The van der Waals surface area contributed by atoms with Gasteiger partial charge >= 0.3 is 0 Å². The van der Waals surface area contributed by atoms with Gasteiger partial charge in [0, 0.05) is 24.9 Å². The molecule has 0 aliphatic carbocycles. The second-order valence-electron chi connectivity index (χ2n) is 4.17. The van der Waals surface area contributed by atoms with Gasteiger partial charge < -0.3 is 10.1 Å². The monoisotopic (exact) mass is 200 g/mol. The van der Waals surface area contributed by atoms with E-state index in [2.05, 4.69) is 10.2 Å². The van der Waals surface area contributed by atoms with Gasteiger partial charge in [0.2, 0.25) is 0 Å². The van der Waals surface area contributed by atoms with Crippen molar-refractivity contribution in [3.63, 3.8) is 0 Å². The fourth-order valence-corrected chi connectivity index (χ4v) is 2.50. The predicted octanol–water partition coefficient (Wildman–Crippen LogP) is 1.93. The fourth-order valence-electron chi connectivity index (χ4n) is 2.50. The van der Waals surface area contributed by atoms with Crippen molar-refractivity contribution in [3.05, 3.63) is 35.2 Å². The highest BCUT2D eigenvalue weighted by atomic mass is 16.5. The van der Waals surface area contributed by atoms with Crippen LogP contribution in [-0.2, 0) is 0 Å². The Hall–Kier alpha value is -1.53. The maximum atomic E-state index is 7.02. The molecular formula is C12H12N2O. The first-order chi connectivity index (χ1) is 7.38. The number of benzene rings is 1. The minimum absolute atomic E-state index is 0.537. The van der Waals surface area contributed by atoms with Crippen LogP contribution >= 0.6 is 0 Å². The van der Waals surface area contributed by atoms with Gasteiger partial charge in [-0.2, -0.15) is 0 Å². The second-order valence-corrected chi connectivity index (χ2v) is 4.17. The first-order valence-corrected chi connectivity index (χ1v) is 5.23. The molecule has 1 aromatic rings. The van der Waals surface area contributed by atoms with E-state index in [1.165, 1.54) is 5.56 Å². The zero-order valence-electron chi connectivity index (χ0n) is 8.36.